The van der Waals surface area contributed by atoms with Crippen LogP contribution in [0.15, 0.2) is 56.2 Å². The third kappa shape index (κ3) is 4.21. The van der Waals surface area contributed by atoms with Crippen LogP contribution in [0.4, 0.5) is 10.1 Å². The number of carbonyl (C=O) groups is 1. The van der Waals surface area contributed by atoms with Gasteiger partial charge in [0.1, 0.15) is 16.3 Å². The summed E-state index contributed by atoms with van der Waals surface area (Å²) >= 11 is 3.65. The molecule has 34 heavy (non-hydrogen) atoms. The molecule has 3 aromatic rings. The molecule has 2 fully saturated rings. The second kappa shape index (κ2) is 9.29. The van der Waals surface area contributed by atoms with E-state index >= 15 is 0 Å². The maximum Gasteiger partial charge on any atom is 0.289 e. The summed E-state index contributed by atoms with van der Waals surface area (Å²) in [5.41, 5.74) is 1.47. The Hall–Kier alpha value is -2.47. The van der Waals surface area contributed by atoms with Gasteiger partial charge in [-0.05, 0) is 46.3 Å². The van der Waals surface area contributed by atoms with E-state index in [1.165, 1.54) is 22.5 Å². The fourth-order valence-corrected chi connectivity index (χ4v) is 6.48. The van der Waals surface area contributed by atoms with Gasteiger partial charge in [-0.15, -0.1) is 0 Å². The van der Waals surface area contributed by atoms with Crippen molar-refractivity contribution in [2.24, 2.45) is 0 Å². The number of sulfonamides is 1. The molecule has 2 aliphatic heterocycles. The maximum atomic E-state index is 14.1. The Kier molecular flexibility index (Phi) is 6.36. The summed E-state index contributed by atoms with van der Waals surface area (Å²) in [5, 5.41) is 0.774. The molecule has 2 aromatic carbocycles. The predicted molar refractivity (Wildman–Crippen MR) is 128 cm³/mol. The van der Waals surface area contributed by atoms with Gasteiger partial charge in [0.15, 0.2) is 5.76 Å². The highest BCUT2D eigenvalue weighted by atomic mass is 79.9. The van der Waals surface area contributed by atoms with Crippen molar-refractivity contribution in [1.29, 1.82) is 0 Å². The monoisotopic (exact) mass is 551 g/mol. The number of amides is 1. The minimum atomic E-state index is -3.91. The molecule has 0 atom stereocenters. The SMILES string of the molecule is O=C(c1cc2c(Br)c(N3CCN(S(=O)(=O)c4ccccc4F)CC3)ccc2o1)N1CCOCC1. The number of hydrogen-bond donors (Lipinski definition) is 0. The Balaban J connectivity index is 1.34. The molecule has 0 aliphatic carbocycles. The Labute approximate surface area is 205 Å². The number of carbonyl (C=O) groups excluding carboxylic acids is 1. The number of nitrogens with zero attached hydrogens (tertiary/aromatic N) is 3. The molecule has 2 aliphatic rings. The summed E-state index contributed by atoms with van der Waals surface area (Å²) in [6.45, 7) is 3.42. The molecule has 0 radical (unpaired) electrons. The van der Waals surface area contributed by atoms with Gasteiger partial charge in [0.2, 0.25) is 10.0 Å². The summed E-state index contributed by atoms with van der Waals surface area (Å²) in [4.78, 5) is 16.3. The Morgan fingerprint density at radius 2 is 1.68 bits per heavy atom. The first kappa shape index (κ1) is 23.3. The molecule has 3 heterocycles. The highest BCUT2D eigenvalue weighted by Gasteiger charge is 2.31. The van der Waals surface area contributed by atoms with Crippen LogP contribution in [0.5, 0.6) is 0 Å². The highest BCUT2D eigenvalue weighted by Crippen LogP contribution is 2.36. The van der Waals surface area contributed by atoms with E-state index < -0.39 is 15.8 Å². The molecule has 11 heteroatoms. The van der Waals surface area contributed by atoms with E-state index in [-0.39, 0.29) is 29.7 Å². The lowest BCUT2D eigenvalue weighted by molar-refractivity contribution is 0.0284. The molecule has 0 bridgehead atoms. The number of benzene rings is 2. The van der Waals surface area contributed by atoms with E-state index in [0.29, 0.717) is 45.0 Å². The topological polar surface area (TPSA) is 83.3 Å². The second-order valence-electron chi connectivity index (χ2n) is 8.15. The average molecular weight is 552 g/mol. The highest BCUT2D eigenvalue weighted by molar-refractivity contribution is 9.10. The normalized spacial score (nSPS) is 17.9. The van der Waals surface area contributed by atoms with E-state index in [1.54, 1.807) is 11.0 Å². The summed E-state index contributed by atoms with van der Waals surface area (Å²) < 4.78 is 53.1. The first-order valence-electron chi connectivity index (χ1n) is 10.9. The molecule has 8 nitrogen and oxygen atoms in total. The molecule has 180 valence electrons. The number of morpholine rings is 1. The van der Waals surface area contributed by atoms with Crippen LogP contribution in [-0.2, 0) is 14.8 Å². The zero-order valence-corrected chi connectivity index (χ0v) is 20.6. The summed E-state index contributed by atoms with van der Waals surface area (Å²) in [6, 6.07) is 10.9. The smallest absolute Gasteiger partial charge is 0.289 e. The molecular weight excluding hydrogens is 529 g/mol. The van der Waals surface area contributed by atoms with Crippen LogP contribution in [0.2, 0.25) is 0 Å². The molecule has 0 unspecified atom stereocenters. The number of rotatable bonds is 4. The predicted octanol–water partition coefficient (Wildman–Crippen LogP) is 3.32. The van der Waals surface area contributed by atoms with Crippen molar-refractivity contribution in [2.75, 3.05) is 57.4 Å². The van der Waals surface area contributed by atoms with Gasteiger partial charge in [-0.1, -0.05) is 12.1 Å². The van der Waals surface area contributed by atoms with E-state index in [9.17, 15) is 17.6 Å². The molecular formula is C23H23BrFN3O5S. The molecule has 1 amide bonds. The Morgan fingerprint density at radius 1 is 0.971 bits per heavy atom. The number of piperazine rings is 1. The minimum Gasteiger partial charge on any atom is -0.451 e. The molecule has 5 rings (SSSR count). The number of halogens is 2. The van der Waals surface area contributed by atoms with Crippen molar-refractivity contribution in [3.63, 3.8) is 0 Å². The van der Waals surface area contributed by atoms with Crippen molar-refractivity contribution in [3.8, 4) is 0 Å². The molecule has 2 saturated heterocycles. The molecule has 1 aromatic heterocycles. The van der Waals surface area contributed by atoms with E-state index in [2.05, 4.69) is 20.8 Å². The van der Waals surface area contributed by atoms with Crippen LogP contribution in [0, 0.1) is 5.82 Å². The number of hydrogen-bond acceptors (Lipinski definition) is 6. The third-order valence-corrected chi connectivity index (χ3v) is 8.92. The molecule has 0 N–H and O–H groups in total. The van der Waals surface area contributed by atoms with E-state index in [0.717, 1.165) is 21.6 Å². The second-order valence-corrected chi connectivity index (χ2v) is 10.8. The fraction of sp³-hybridized carbons (Fsp3) is 0.348. The van der Waals surface area contributed by atoms with Crippen LogP contribution in [-0.4, -0.2) is 76.0 Å². The van der Waals surface area contributed by atoms with E-state index in [1.807, 2.05) is 12.1 Å². The molecule has 0 spiro atoms. The van der Waals surface area contributed by atoms with E-state index in [4.69, 9.17) is 9.15 Å². The largest absolute Gasteiger partial charge is 0.451 e. The number of furan rings is 1. The van der Waals surface area contributed by atoms with Gasteiger partial charge < -0.3 is 19.0 Å². The van der Waals surface area contributed by atoms with Crippen LogP contribution in [0.3, 0.4) is 0 Å². The quantitative estimate of drug-likeness (QED) is 0.494. The van der Waals surface area contributed by atoms with Gasteiger partial charge in [0.25, 0.3) is 5.91 Å². The van der Waals surface area contributed by atoms with Crippen LogP contribution in [0.25, 0.3) is 11.0 Å². The van der Waals surface area contributed by atoms with Crippen molar-refractivity contribution >= 4 is 48.5 Å². The maximum absolute atomic E-state index is 14.1. The Morgan fingerprint density at radius 3 is 2.38 bits per heavy atom. The van der Waals surface area contributed by atoms with Crippen LogP contribution >= 0.6 is 15.9 Å². The lowest BCUT2D eigenvalue weighted by Crippen LogP contribution is -2.48. The summed E-state index contributed by atoms with van der Waals surface area (Å²) in [6.07, 6.45) is 0. The van der Waals surface area contributed by atoms with Crippen molar-refractivity contribution in [2.45, 2.75) is 4.90 Å². The number of ether oxygens (including phenoxy) is 1. The van der Waals surface area contributed by atoms with Crippen LogP contribution < -0.4 is 4.90 Å². The third-order valence-electron chi connectivity index (χ3n) is 6.16. The number of anilines is 1. The van der Waals surface area contributed by atoms with Gasteiger partial charge >= 0.3 is 0 Å². The van der Waals surface area contributed by atoms with Crippen molar-refractivity contribution < 1.29 is 26.8 Å². The number of fused-ring (bicyclic) bond motifs is 1. The van der Waals surface area contributed by atoms with Gasteiger partial charge in [-0.3, -0.25) is 4.79 Å². The lowest BCUT2D eigenvalue weighted by atomic mass is 10.2. The van der Waals surface area contributed by atoms with Gasteiger partial charge in [-0.2, -0.15) is 4.31 Å². The van der Waals surface area contributed by atoms with Gasteiger partial charge in [0.05, 0.1) is 23.4 Å². The zero-order valence-electron chi connectivity index (χ0n) is 18.2. The van der Waals surface area contributed by atoms with Gasteiger partial charge in [0, 0.05) is 44.7 Å². The molecule has 0 saturated carbocycles. The van der Waals surface area contributed by atoms with Crippen molar-refractivity contribution in [1.82, 2.24) is 9.21 Å². The fourth-order valence-electron chi connectivity index (χ4n) is 4.30. The first-order valence-corrected chi connectivity index (χ1v) is 13.2. The Bertz CT molecular complexity index is 1330. The standard InChI is InChI=1S/C23H23BrFN3O5S/c24-22-16-15-20(23(29)27-11-13-32-14-12-27)33-19(16)6-5-18(22)26-7-9-28(10-8-26)34(30,31)21-4-2-1-3-17(21)25/h1-6,15H,7-14H2. The summed E-state index contributed by atoms with van der Waals surface area (Å²) in [7, 11) is -3.91. The lowest BCUT2D eigenvalue weighted by Gasteiger charge is -2.35. The minimum absolute atomic E-state index is 0.167. The summed E-state index contributed by atoms with van der Waals surface area (Å²) in [5.74, 6) is -0.643. The average Bonchev–Trinajstić information content (AvgIpc) is 3.30. The zero-order chi connectivity index (χ0) is 23.9. The first-order chi connectivity index (χ1) is 16.4. The van der Waals surface area contributed by atoms with Crippen LogP contribution in [0.1, 0.15) is 10.6 Å². The van der Waals surface area contributed by atoms with Gasteiger partial charge in [-0.25, -0.2) is 12.8 Å². The van der Waals surface area contributed by atoms with Crippen molar-refractivity contribution in [3.05, 3.63) is 58.5 Å².